The number of rotatable bonds is 8. The SMILES string of the molecule is CCCc1c(C(=O)OCC)sc(NC(=O)c2ccncc2)c1C(=O)OCC. The summed E-state index contributed by atoms with van der Waals surface area (Å²) in [6, 6.07) is 3.12. The molecule has 0 aliphatic heterocycles. The predicted octanol–water partition coefficient (Wildman–Crippen LogP) is 3.70. The predicted molar refractivity (Wildman–Crippen MR) is 102 cm³/mol. The van der Waals surface area contributed by atoms with Crippen LogP contribution in [0.4, 0.5) is 5.00 Å². The molecule has 0 aliphatic rings. The van der Waals surface area contributed by atoms with Gasteiger partial charge in [-0.2, -0.15) is 0 Å². The molecule has 2 heterocycles. The van der Waals surface area contributed by atoms with Gasteiger partial charge in [0.1, 0.15) is 9.88 Å². The van der Waals surface area contributed by atoms with Gasteiger partial charge in [0.05, 0.1) is 18.8 Å². The minimum atomic E-state index is -0.572. The Labute approximate surface area is 161 Å². The highest BCUT2D eigenvalue weighted by molar-refractivity contribution is 7.18. The zero-order chi connectivity index (χ0) is 19.8. The zero-order valence-corrected chi connectivity index (χ0v) is 16.4. The average Bonchev–Trinajstić information content (AvgIpc) is 3.01. The molecule has 0 aliphatic carbocycles. The van der Waals surface area contributed by atoms with E-state index >= 15 is 0 Å². The maximum atomic E-state index is 12.5. The van der Waals surface area contributed by atoms with Crippen molar-refractivity contribution in [3.63, 3.8) is 0 Å². The molecule has 2 rings (SSSR count). The molecule has 144 valence electrons. The molecule has 1 N–H and O–H groups in total. The van der Waals surface area contributed by atoms with Crippen LogP contribution in [0.1, 0.15) is 63.1 Å². The van der Waals surface area contributed by atoms with Gasteiger partial charge in [-0.3, -0.25) is 9.78 Å². The van der Waals surface area contributed by atoms with E-state index in [1.165, 1.54) is 12.4 Å². The summed E-state index contributed by atoms with van der Waals surface area (Å²) in [5.41, 5.74) is 1.15. The summed E-state index contributed by atoms with van der Waals surface area (Å²) in [5.74, 6) is -1.48. The van der Waals surface area contributed by atoms with Crippen molar-refractivity contribution >= 4 is 34.2 Å². The number of hydrogen-bond donors (Lipinski definition) is 1. The molecule has 1 amide bonds. The molecule has 0 saturated carbocycles. The first-order valence-corrected chi connectivity index (χ1v) is 9.56. The van der Waals surface area contributed by atoms with Crippen molar-refractivity contribution in [3.05, 3.63) is 46.1 Å². The lowest BCUT2D eigenvalue weighted by Crippen LogP contribution is -2.15. The van der Waals surface area contributed by atoms with Crippen LogP contribution in [-0.2, 0) is 15.9 Å². The van der Waals surface area contributed by atoms with E-state index in [-0.39, 0.29) is 23.8 Å². The van der Waals surface area contributed by atoms with Crippen molar-refractivity contribution in [3.8, 4) is 0 Å². The molecule has 0 atom stereocenters. The van der Waals surface area contributed by atoms with Gasteiger partial charge >= 0.3 is 11.9 Å². The van der Waals surface area contributed by atoms with Crippen LogP contribution in [0, 0.1) is 0 Å². The molecule has 2 aromatic rings. The lowest BCUT2D eigenvalue weighted by molar-refractivity contribution is 0.0527. The van der Waals surface area contributed by atoms with Crippen LogP contribution >= 0.6 is 11.3 Å². The van der Waals surface area contributed by atoms with Crippen molar-refractivity contribution < 1.29 is 23.9 Å². The van der Waals surface area contributed by atoms with Crippen molar-refractivity contribution in [2.24, 2.45) is 0 Å². The van der Waals surface area contributed by atoms with E-state index in [0.717, 1.165) is 11.3 Å². The maximum Gasteiger partial charge on any atom is 0.348 e. The van der Waals surface area contributed by atoms with Crippen LogP contribution in [-0.4, -0.2) is 36.0 Å². The van der Waals surface area contributed by atoms with Gasteiger partial charge in [0.15, 0.2) is 0 Å². The Bertz CT molecular complexity index is 817. The van der Waals surface area contributed by atoms with Crippen LogP contribution in [0.2, 0.25) is 0 Å². The van der Waals surface area contributed by atoms with Crippen molar-refractivity contribution in [1.82, 2.24) is 4.98 Å². The molecule has 0 bridgehead atoms. The number of esters is 2. The minimum Gasteiger partial charge on any atom is -0.462 e. The van der Waals surface area contributed by atoms with E-state index in [9.17, 15) is 14.4 Å². The fourth-order valence-electron chi connectivity index (χ4n) is 2.50. The van der Waals surface area contributed by atoms with Crippen molar-refractivity contribution in [2.45, 2.75) is 33.6 Å². The number of aromatic nitrogens is 1. The van der Waals surface area contributed by atoms with Crippen LogP contribution < -0.4 is 5.32 Å². The monoisotopic (exact) mass is 390 g/mol. The molecule has 7 nitrogen and oxygen atoms in total. The van der Waals surface area contributed by atoms with Crippen molar-refractivity contribution in [1.29, 1.82) is 0 Å². The first-order chi connectivity index (χ1) is 13.0. The molecule has 0 unspecified atom stereocenters. The van der Waals surface area contributed by atoms with E-state index in [1.54, 1.807) is 26.0 Å². The van der Waals surface area contributed by atoms with E-state index in [1.807, 2.05) is 6.92 Å². The lowest BCUT2D eigenvalue weighted by Gasteiger charge is -2.08. The fourth-order valence-corrected chi connectivity index (χ4v) is 3.63. The molecule has 0 fully saturated rings. The van der Waals surface area contributed by atoms with Crippen LogP contribution in [0.15, 0.2) is 24.5 Å². The summed E-state index contributed by atoms with van der Waals surface area (Å²) < 4.78 is 10.3. The molecular formula is C19H22N2O5S. The zero-order valence-electron chi connectivity index (χ0n) is 15.5. The van der Waals surface area contributed by atoms with Gasteiger partial charge < -0.3 is 14.8 Å². The number of pyridine rings is 1. The smallest absolute Gasteiger partial charge is 0.348 e. The molecule has 0 spiro atoms. The Morgan fingerprint density at radius 1 is 1.04 bits per heavy atom. The van der Waals surface area contributed by atoms with E-state index in [4.69, 9.17) is 9.47 Å². The van der Waals surface area contributed by atoms with Crippen LogP contribution in [0.25, 0.3) is 0 Å². The molecule has 8 heteroatoms. The second-order valence-corrected chi connectivity index (χ2v) is 6.52. The minimum absolute atomic E-state index is 0.187. The van der Waals surface area contributed by atoms with Gasteiger partial charge in [0.2, 0.25) is 0 Å². The summed E-state index contributed by atoms with van der Waals surface area (Å²) in [6.07, 6.45) is 4.21. The van der Waals surface area contributed by atoms with Gasteiger partial charge in [-0.15, -0.1) is 11.3 Å². The van der Waals surface area contributed by atoms with E-state index in [2.05, 4.69) is 10.3 Å². The molecule has 27 heavy (non-hydrogen) atoms. The average molecular weight is 390 g/mol. The Kier molecular flexibility index (Phi) is 7.48. The highest BCUT2D eigenvalue weighted by Gasteiger charge is 2.29. The number of nitrogens with one attached hydrogen (secondary N) is 1. The first-order valence-electron chi connectivity index (χ1n) is 8.74. The summed E-state index contributed by atoms with van der Waals surface area (Å²) >= 11 is 1.03. The van der Waals surface area contributed by atoms with Crippen LogP contribution in [0.5, 0.6) is 0 Å². The quantitative estimate of drug-likeness (QED) is 0.691. The number of carbonyl (C=O) groups is 3. The standard InChI is InChI=1S/C19H22N2O5S/c1-4-7-13-14(18(23)25-5-2)17(27-15(13)19(24)26-6-3)21-16(22)12-8-10-20-11-9-12/h8-11H,4-7H2,1-3H3,(H,21,22). The highest BCUT2D eigenvalue weighted by Crippen LogP contribution is 2.36. The van der Waals surface area contributed by atoms with E-state index in [0.29, 0.717) is 28.8 Å². The third-order valence-corrected chi connectivity index (χ3v) is 4.74. The van der Waals surface area contributed by atoms with Gasteiger partial charge in [-0.1, -0.05) is 13.3 Å². The Hall–Kier alpha value is -2.74. The third kappa shape index (κ3) is 4.91. The molecular weight excluding hydrogens is 368 g/mol. The van der Waals surface area contributed by atoms with Gasteiger partial charge in [0, 0.05) is 18.0 Å². The number of thiophene rings is 1. The largest absolute Gasteiger partial charge is 0.462 e. The normalized spacial score (nSPS) is 10.3. The fraction of sp³-hybridized carbons (Fsp3) is 0.368. The van der Waals surface area contributed by atoms with Gasteiger partial charge in [-0.25, -0.2) is 9.59 Å². The number of carbonyl (C=O) groups excluding carboxylic acids is 3. The number of nitrogens with zero attached hydrogens (tertiary/aromatic N) is 1. The summed E-state index contributed by atoms with van der Waals surface area (Å²) in [4.78, 5) is 41.6. The molecule has 0 aromatic carbocycles. The summed E-state index contributed by atoms with van der Waals surface area (Å²) in [5, 5.41) is 3.00. The van der Waals surface area contributed by atoms with E-state index < -0.39 is 17.8 Å². The Balaban J connectivity index is 2.50. The number of anilines is 1. The highest BCUT2D eigenvalue weighted by atomic mass is 32.1. The second-order valence-electron chi connectivity index (χ2n) is 5.49. The molecule has 2 aromatic heterocycles. The summed E-state index contributed by atoms with van der Waals surface area (Å²) in [7, 11) is 0. The van der Waals surface area contributed by atoms with Crippen LogP contribution in [0.3, 0.4) is 0 Å². The molecule has 0 saturated heterocycles. The molecule has 0 radical (unpaired) electrons. The maximum absolute atomic E-state index is 12.5. The van der Waals surface area contributed by atoms with Crippen molar-refractivity contribution in [2.75, 3.05) is 18.5 Å². The number of hydrogen-bond acceptors (Lipinski definition) is 7. The van der Waals surface area contributed by atoms with Gasteiger partial charge in [0.25, 0.3) is 5.91 Å². The summed E-state index contributed by atoms with van der Waals surface area (Å²) in [6.45, 7) is 5.76. The Morgan fingerprint density at radius 3 is 2.26 bits per heavy atom. The first kappa shape index (κ1) is 20.6. The number of amides is 1. The third-order valence-electron chi connectivity index (χ3n) is 3.62. The van der Waals surface area contributed by atoms with Gasteiger partial charge in [-0.05, 0) is 38.0 Å². The second kappa shape index (κ2) is 9.82. The Morgan fingerprint density at radius 2 is 1.67 bits per heavy atom. The lowest BCUT2D eigenvalue weighted by atomic mass is 10.0. The number of ether oxygens (including phenoxy) is 2. The topological polar surface area (TPSA) is 94.6 Å².